The van der Waals surface area contributed by atoms with Crippen LogP contribution in [0, 0.1) is 6.92 Å². The summed E-state index contributed by atoms with van der Waals surface area (Å²) in [7, 11) is 3.99. The Morgan fingerprint density at radius 3 is 2.67 bits per heavy atom. The number of hydrogen-bond donors (Lipinski definition) is 1. The lowest BCUT2D eigenvalue weighted by Gasteiger charge is -2.14. The molecule has 18 heavy (non-hydrogen) atoms. The van der Waals surface area contributed by atoms with Crippen LogP contribution >= 0.6 is 15.9 Å². The summed E-state index contributed by atoms with van der Waals surface area (Å²) < 4.78 is 6.35. The van der Waals surface area contributed by atoms with E-state index in [0.717, 1.165) is 23.0 Å². The van der Waals surface area contributed by atoms with Crippen molar-refractivity contribution in [2.75, 3.05) is 27.2 Å². The molecule has 100 valence electrons. The highest BCUT2D eigenvalue weighted by Crippen LogP contribution is 2.28. The summed E-state index contributed by atoms with van der Waals surface area (Å²) in [5.41, 5.74) is 1.03. The fraction of sp³-hybridized carbons (Fsp3) is 0.462. The maximum atomic E-state index is 11.2. The molecule has 0 aliphatic rings. The average Bonchev–Trinajstić information content (AvgIpc) is 2.25. The molecule has 0 saturated heterocycles. The Morgan fingerprint density at radius 2 is 2.11 bits per heavy atom. The van der Waals surface area contributed by atoms with Crippen LogP contribution in [0.15, 0.2) is 16.6 Å². The molecule has 0 radical (unpaired) electrons. The maximum Gasteiger partial charge on any atom is 0.339 e. The van der Waals surface area contributed by atoms with Crippen molar-refractivity contribution in [3.05, 3.63) is 27.7 Å². The number of nitrogens with zero attached hydrogens (tertiary/aromatic N) is 1. The predicted octanol–water partition coefficient (Wildman–Crippen LogP) is 2.79. The van der Waals surface area contributed by atoms with Crippen molar-refractivity contribution in [2.24, 2.45) is 0 Å². The van der Waals surface area contributed by atoms with Crippen molar-refractivity contribution in [3.8, 4) is 5.75 Å². The van der Waals surface area contributed by atoms with Gasteiger partial charge in [-0.15, -0.1) is 0 Å². The molecule has 1 rings (SSSR count). The Balaban J connectivity index is 2.77. The molecule has 0 heterocycles. The normalized spacial score (nSPS) is 10.7. The number of ether oxygens (including phenoxy) is 1. The van der Waals surface area contributed by atoms with Gasteiger partial charge < -0.3 is 14.7 Å². The van der Waals surface area contributed by atoms with Gasteiger partial charge in [0.25, 0.3) is 0 Å². The highest BCUT2D eigenvalue weighted by molar-refractivity contribution is 9.10. The Kier molecular flexibility index (Phi) is 5.62. The van der Waals surface area contributed by atoms with E-state index in [1.54, 1.807) is 6.07 Å². The highest BCUT2D eigenvalue weighted by atomic mass is 79.9. The highest BCUT2D eigenvalue weighted by Gasteiger charge is 2.15. The molecule has 0 aliphatic carbocycles. The van der Waals surface area contributed by atoms with Gasteiger partial charge in [-0.25, -0.2) is 4.79 Å². The van der Waals surface area contributed by atoms with Gasteiger partial charge in [-0.1, -0.05) is 15.9 Å². The minimum Gasteiger partial charge on any atom is -0.492 e. The van der Waals surface area contributed by atoms with Crippen molar-refractivity contribution >= 4 is 21.9 Å². The van der Waals surface area contributed by atoms with Crippen molar-refractivity contribution in [1.82, 2.24) is 4.90 Å². The minimum atomic E-state index is -0.970. The fourth-order valence-electron chi connectivity index (χ4n) is 1.64. The number of carboxylic acid groups (broad SMARTS) is 1. The zero-order valence-corrected chi connectivity index (χ0v) is 12.5. The number of hydrogen-bond acceptors (Lipinski definition) is 3. The molecule has 1 N–H and O–H groups in total. The number of aryl methyl sites for hydroxylation is 1. The largest absolute Gasteiger partial charge is 0.492 e. The molecular formula is C13H18BrNO3. The molecule has 1 aromatic rings. The third-order valence-electron chi connectivity index (χ3n) is 2.47. The number of aromatic carboxylic acids is 1. The second-order valence-corrected chi connectivity index (χ2v) is 5.33. The molecule has 0 fully saturated rings. The fourth-order valence-corrected chi connectivity index (χ4v) is 2.21. The Labute approximate surface area is 116 Å². The molecule has 5 heteroatoms. The van der Waals surface area contributed by atoms with Gasteiger partial charge in [0.1, 0.15) is 11.3 Å². The lowest BCUT2D eigenvalue weighted by atomic mass is 10.1. The predicted molar refractivity (Wildman–Crippen MR) is 74.5 cm³/mol. The molecule has 0 spiro atoms. The van der Waals surface area contributed by atoms with E-state index < -0.39 is 5.97 Å². The number of benzene rings is 1. The molecule has 0 saturated carbocycles. The van der Waals surface area contributed by atoms with Crippen LogP contribution in [0.4, 0.5) is 0 Å². The lowest BCUT2D eigenvalue weighted by molar-refractivity contribution is 0.0691. The van der Waals surface area contributed by atoms with E-state index in [1.807, 2.05) is 27.1 Å². The molecule has 0 bridgehead atoms. The summed E-state index contributed by atoms with van der Waals surface area (Å²) >= 11 is 3.29. The van der Waals surface area contributed by atoms with Crippen molar-refractivity contribution in [1.29, 1.82) is 0 Å². The van der Waals surface area contributed by atoms with Gasteiger partial charge in [0.15, 0.2) is 0 Å². The molecule has 0 unspecified atom stereocenters. The van der Waals surface area contributed by atoms with Gasteiger partial charge in [0.05, 0.1) is 6.61 Å². The number of carbonyl (C=O) groups is 1. The van der Waals surface area contributed by atoms with E-state index in [9.17, 15) is 4.79 Å². The van der Waals surface area contributed by atoms with E-state index in [-0.39, 0.29) is 5.56 Å². The van der Waals surface area contributed by atoms with Gasteiger partial charge in [-0.2, -0.15) is 0 Å². The molecular weight excluding hydrogens is 298 g/mol. The quantitative estimate of drug-likeness (QED) is 0.820. The molecule has 4 nitrogen and oxygen atoms in total. The van der Waals surface area contributed by atoms with E-state index >= 15 is 0 Å². The van der Waals surface area contributed by atoms with Crippen LogP contribution in [-0.2, 0) is 0 Å². The van der Waals surface area contributed by atoms with Crippen molar-refractivity contribution < 1.29 is 14.6 Å². The monoisotopic (exact) mass is 315 g/mol. The van der Waals surface area contributed by atoms with E-state index in [1.165, 1.54) is 0 Å². The van der Waals surface area contributed by atoms with Crippen LogP contribution in [0.25, 0.3) is 0 Å². The first-order valence-electron chi connectivity index (χ1n) is 5.72. The number of carboxylic acids is 1. The van der Waals surface area contributed by atoms with Crippen molar-refractivity contribution in [2.45, 2.75) is 13.3 Å². The van der Waals surface area contributed by atoms with Crippen LogP contribution < -0.4 is 4.74 Å². The summed E-state index contributed by atoms with van der Waals surface area (Å²) in [6.07, 6.45) is 0.863. The maximum absolute atomic E-state index is 11.2. The zero-order chi connectivity index (χ0) is 13.7. The van der Waals surface area contributed by atoms with Crippen LogP contribution in [0.2, 0.25) is 0 Å². The van der Waals surface area contributed by atoms with Crippen LogP contribution in [-0.4, -0.2) is 43.2 Å². The standard InChI is InChI=1S/C13H18BrNO3/c1-9-7-10(14)8-11(13(16)17)12(9)18-6-4-5-15(2)3/h7-8H,4-6H2,1-3H3,(H,16,17). The summed E-state index contributed by atoms with van der Waals surface area (Å²) in [6.45, 7) is 3.28. The third kappa shape index (κ3) is 4.31. The third-order valence-corrected chi connectivity index (χ3v) is 2.92. The minimum absolute atomic E-state index is 0.201. The Morgan fingerprint density at radius 1 is 1.44 bits per heavy atom. The molecule has 0 amide bonds. The summed E-state index contributed by atoms with van der Waals surface area (Å²) in [5.74, 6) is -0.508. The molecule has 0 atom stereocenters. The first-order chi connectivity index (χ1) is 8.41. The molecule has 1 aromatic carbocycles. The summed E-state index contributed by atoms with van der Waals surface area (Å²) in [5, 5.41) is 9.15. The molecule has 0 aliphatic heterocycles. The van der Waals surface area contributed by atoms with Crippen LogP contribution in [0.3, 0.4) is 0 Å². The first-order valence-corrected chi connectivity index (χ1v) is 6.52. The second kappa shape index (κ2) is 6.75. The van der Waals surface area contributed by atoms with Crippen LogP contribution in [0.1, 0.15) is 22.3 Å². The average molecular weight is 316 g/mol. The topological polar surface area (TPSA) is 49.8 Å². The zero-order valence-electron chi connectivity index (χ0n) is 10.9. The van der Waals surface area contributed by atoms with Gasteiger partial charge in [-0.05, 0) is 45.1 Å². The van der Waals surface area contributed by atoms with Crippen molar-refractivity contribution in [3.63, 3.8) is 0 Å². The smallest absolute Gasteiger partial charge is 0.339 e. The van der Waals surface area contributed by atoms with Crippen LogP contribution in [0.5, 0.6) is 5.75 Å². The number of halogens is 1. The SMILES string of the molecule is Cc1cc(Br)cc(C(=O)O)c1OCCCN(C)C. The van der Waals surface area contributed by atoms with Gasteiger partial charge >= 0.3 is 5.97 Å². The Hall–Kier alpha value is -1.07. The first kappa shape index (κ1) is 15.0. The number of rotatable bonds is 6. The molecule has 0 aromatic heterocycles. The summed E-state index contributed by atoms with van der Waals surface area (Å²) in [6, 6.07) is 3.42. The summed E-state index contributed by atoms with van der Waals surface area (Å²) in [4.78, 5) is 13.2. The van der Waals surface area contributed by atoms with E-state index in [0.29, 0.717) is 12.4 Å². The van der Waals surface area contributed by atoms with Gasteiger partial charge in [0, 0.05) is 11.0 Å². The van der Waals surface area contributed by atoms with Gasteiger partial charge in [0.2, 0.25) is 0 Å². The van der Waals surface area contributed by atoms with E-state index in [2.05, 4.69) is 20.8 Å². The van der Waals surface area contributed by atoms with Gasteiger partial charge in [-0.3, -0.25) is 0 Å². The van der Waals surface area contributed by atoms with E-state index in [4.69, 9.17) is 9.84 Å². The Bertz CT molecular complexity index is 432. The second-order valence-electron chi connectivity index (χ2n) is 4.41. The lowest BCUT2D eigenvalue weighted by Crippen LogP contribution is -2.16.